The fourth-order valence-electron chi connectivity index (χ4n) is 10.1. The summed E-state index contributed by atoms with van der Waals surface area (Å²) in [6.07, 6.45) is 0.895. The summed E-state index contributed by atoms with van der Waals surface area (Å²) in [6, 6.07) is 68.2. The SMILES string of the molecule is CC(C)Cc1cc(Oc2[c-]c3c(cc2)c2ccccc2n3-c2nc3ccc4ccccc4c3c3c2ccc2ccccc23)[c-]c(N2[CH-]N(c3ccccc3C(C)(C)C)c3ccccc32)c1.[Pt]. The zero-order valence-corrected chi connectivity index (χ0v) is 39.8. The summed E-state index contributed by atoms with van der Waals surface area (Å²) >= 11 is 0. The van der Waals surface area contributed by atoms with Crippen LogP contribution in [0.1, 0.15) is 45.7 Å². The van der Waals surface area contributed by atoms with E-state index in [2.05, 4.69) is 232 Å². The average Bonchev–Trinajstić information content (AvgIpc) is 3.86. The predicted octanol–water partition coefficient (Wildman–Crippen LogP) is 16.1. The van der Waals surface area contributed by atoms with Crippen LogP contribution in [0.25, 0.3) is 70.8 Å². The number of pyridine rings is 1. The molecular formula is C60H47N4OPt-3. The number of nitrogens with zero attached hydrogens (tertiary/aromatic N) is 4. The van der Waals surface area contributed by atoms with E-state index in [-0.39, 0.29) is 26.5 Å². The largest absolute Gasteiger partial charge is 0.509 e. The number of hydrogen-bond donors (Lipinski definition) is 0. The minimum Gasteiger partial charge on any atom is -0.509 e. The molecule has 0 aliphatic carbocycles. The Morgan fingerprint density at radius 2 is 1.20 bits per heavy atom. The molecule has 3 heterocycles. The number of hydrogen-bond acceptors (Lipinski definition) is 4. The number of benzene rings is 9. The molecule has 0 saturated heterocycles. The summed E-state index contributed by atoms with van der Waals surface area (Å²) in [5, 5.41) is 10.5. The maximum atomic E-state index is 6.92. The molecule has 0 spiro atoms. The van der Waals surface area contributed by atoms with Crippen molar-refractivity contribution >= 4 is 87.8 Å². The van der Waals surface area contributed by atoms with Gasteiger partial charge in [-0.3, -0.25) is 0 Å². The van der Waals surface area contributed by atoms with Gasteiger partial charge in [0.15, 0.2) is 0 Å². The second kappa shape index (κ2) is 16.2. The van der Waals surface area contributed by atoms with Gasteiger partial charge in [-0.1, -0.05) is 149 Å². The third-order valence-electron chi connectivity index (χ3n) is 12.9. The normalized spacial score (nSPS) is 12.9. The summed E-state index contributed by atoms with van der Waals surface area (Å²) in [7, 11) is 0. The van der Waals surface area contributed by atoms with Crippen molar-refractivity contribution in [2.75, 3.05) is 9.80 Å². The monoisotopic (exact) mass is 1030 g/mol. The molecule has 0 N–H and O–H groups in total. The molecule has 0 amide bonds. The van der Waals surface area contributed by atoms with Crippen LogP contribution in [0.15, 0.2) is 170 Å². The standard InChI is InChI=1S/C60H47N4O.Pt/c1-38(2)32-39-33-42(62-37-63(55-25-15-14-24-54(55)62)53-23-13-11-21-50(53)60(3,4)5)35-44(34-39)65-43-28-30-48-47-20-10-12-22-52(47)64(56(48)36-43)59-49-29-26-40-16-6-8-18-45(40)57(49)58-46-19-9-7-17-41(46)27-31-51(58)61-59;/h6-31,33-34,37-38H,32H2,1-5H3;/q-3;. The molecule has 6 heteroatoms. The number of ether oxygens (including phenoxy) is 1. The van der Waals surface area contributed by atoms with E-state index in [0.717, 1.165) is 62.0 Å². The quantitative estimate of drug-likeness (QED) is 0.118. The first-order valence-corrected chi connectivity index (χ1v) is 22.6. The van der Waals surface area contributed by atoms with Crippen LogP contribution in [0.3, 0.4) is 0 Å². The second-order valence-corrected chi connectivity index (χ2v) is 18.8. The summed E-state index contributed by atoms with van der Waals surface area (Å²) in [5.41, 5.74) is 9.64. The van der Waals surface area contributed by atoms with E-state index < -0.39 is 0 Å². The second-order valence-electron chi connectivity index (χ2n) is 18.8. The summed E-state index contributed by atoms with van der Waals surface area (Å²) in [6.45, 7) is 13.5. The Morgan fingerprint density at radius 1 is 0.576 bits per heavy atom. The molecule has 1 aliphatic rings. The van der Waals surface area contributed by atoms with E-state index in [4.69, 9.17) is 9.72 Å². The zero-order chi connectivity index (χ0) is 44.0. The maximum absolute atomic E-state index is 6.92. The van der Waals surface area contributed by atoms with Crippen molar-refractivity contribution in [3.8, 4) is 17.3 Å². The van der Waals surface area contributed by atoms with Crippen LogP contribution >= 0.6 is 0 Å². The maximum Gasteiger partial charge on any atom is 0.144 e. The molecule has 1 aliphatic heterocycles. The van der Waals surface area contributed by atoms with Crippen LogP contribution in [0.5, 0.6) is 11.5 Å². The van der Waals surface area contributed by atoms with Gasteiger partial charge in [-0.25, -0.2) is 4.98 Å². The molecule has 66 heavy (non-hydrogen) atoms. The summed E-state index contributed by atoms with van der Waals surface area (Å²) in [5.74, 6) is 2.56. The predicted molar refractivity (Wildman–Crippen MR) is 271 cm³/mol. The van der Waals surface area contributed by atoms with E-state index in [1.807, 2.05) is 6.07 Å². The number of fused-ring (bicyclic) bond motifs is 11. The first-order chi connectivity index (χ1) is 31.7. The number of rotatable bonds is 7. The third kappa shape index (κ3) is 6.91. The molecule has 11 aromatic rings. The van der Waals surface area contributed by atoms with Gasteiger partial charge in [0.05, 0.1) is 5.52 Å². The first kappa shape index (κ1) is 41.7. The fourth-order valence-corrected chi connectivity index (χ4v) is 10.1. The average molecular weight is 1040 g/mol. The van der Waals surface area contributed by atoms with Crippen LogP contribution in [0, 0.1) is 24.7 Å². The molecule has 12 rings (SSSR count). The molecular weight excluding hydrogens is 988 g/mol. The minimum absolute atomic E-state index is 0. The topological polar surface area (TPSA) is 33.5 Å². The Balaban J connectivity index is 0.00000481. The van der Waals surface area contributed by atoms with Crippen molar-refractivity contribution in [1.29, 1.82) is 0 Å². The Morgan fingerprint density at radius 3 is 1.94 bits per heavy atom. The van der Waals surface area contributed by atoms with E-state index >= 15 is 0 Å². The Hall–Kier alpha value is -6.94. The molecule has 0 unspecified atom stereocenters. The van der Waals surface area contributed by atoms with Crippen LogP contribution in [0.2, 0.25) is 0 Å². The van der Waals surface area contributed by atoms with E-state index in [1.54, 1.807) is 0 Å². The van der Waals surface area contributed by atoms with Gasteiger partial charge in [-0.2, -0.15) is 11.6 Å². The smallest absolute Gasteiger partial charge is 0.144 e. The van der Waals surface area contributed by atoms with Gasteiger partial charge in [0.25, 0.3) is 0 Å². The van der Waals surface area contributed by atoms with Gasteiger partial charge in [0, 0.05) is 71.3 Å². The molecule has 5 nitrogen and oxygen atoms in total. The number of para-hydroxylation sites is 4. The van der Waals surface area contributed by atoms with Crippen molar-refractivity contribution in [3.05, 3.63) is 200 Å². The third-order valence-corrected chi connectivity index (χ3v) is 12.9. The van der Waals surface area contributed by atoms with Gasteiger partial charge in [-0.15, -0.1) is 48.1 Å². The van der Waals surface area contributed by atoms with Crippen molar-refractivity contribution in [2.45, 2.75) is 46.5 Å². The van der Waals surface area contributed by atoms with E-state index in [9.17, 15) is 0 Å². The fraction of sp³-hybridized carbons (Fsp3) is 0.133. The number of aromatic nitrogens is 2. The first-order valence-electron chi connectivity index (χ1n) is 22.6. The van der Waals surface area contributed by atoms with Gasteiger partial charge < -0.3 is 19.1 Å². The molecule has 326 valence electrons. The summed E-state index contributed by atoms with van der Waals surface area (Å²) in [4.78, 5) is 10.1. The van der Waals surface area contributed by atoms with E-state index in [0.29, 0.717) is 17.4 Å². The molecule has 9 aromatic carbocycles. The van der Waals surface area contributed by atoms with Gasteiger partial charge in [0.1, 0.15) is 5.82 Å². The molecule has 0 saturated carbocycles. The Labute approximate surface area is 400 Å². The van der Waals surface area contributed by atoms with Gasteiger partial charge >= 0.3 is 0 Å². The molecule has 0 atom stereocenters. The van der Waals surface area contributed by atoms with Crippen LogP contribution in [-0.4, -0.2) is 9.55 Å². The van der Waals surface area contributed by atoms with Crippen LogP contribution in [-0.2, 0) is 32.9 Å². The number of anilines is 4. The molecule has 0 bridgehead atoms. The van der Waals surface area contributed by atoms with Gasteiger partial charge in [-0.05, 0) is 86.6 Å². The Kier molecular flexibility index (Phi) is 10.2. The molecule has 0 radical (unpaired) electrons. The molecule has 0 fully saturated rings. The zero-order valence-electron chi connectivity index (χ0n) is 37.5. The van der Waals surface area contributed by atoms with Crippen molar-refractivity contribution in [3.63, 3.8) is 0 Å². The Bertz CT molecular complexity index is 3690. The van der Waals surface area contributed by atoms with Crippen molar-refractivity contribution in [1.82, 2.24) is 9.55 Å². The van der Waals surface area contributed by atoms with Gasteiger partial charge in [0.2, 0.25) is 0 Å². The van der Waals surface area contributed by atoms with Crippen LogP contribution < -0.4 is 14.5 Å². The van der Waals surface area contributed by atoms with E-state index in [1.165, 1.54) is 49.1 Å². The molecule has 2 aromatic heterocycles. The van der Waals surface area contributed by atoms with Crippen LogP contribution in [0.4, 0.5) is 22.7 Å². The minimum atomic E-state index is -0.0405. The van der Waals surface area contributed by atoms with Crippen molar-refractivity contribution < 1.29 is 25.8 Å². The van der Waals surface area contributed by atoms with Crippen molar-refractivity contribution in [2.24, 2.45) is 5.92 Å². The summed E-state index contributed by atoms with van der Waals surface area (Å²) < 4.78 is 9.21.